The molecule has 1 aromatic rings. The SMILES string of the molecule is CC/C=C\C/C=C\C/C=C\C/C=C\C/C=C\C/C=C\CCC(=O)Nc1ccn([C@H]2C=CC[C@@H](CO)O2)c(=O)n1. The quantitative estimate of drug-likeness (QED) is 0.223. The van der Waals surface area contributed by atoms with E-state index in [1.165, 1.54) is 10.8 Å². The standard InChI is InChI=1S/C32H43N3O4/c1-2-3-4-5-6-7-8-9-10-11-12-13-14-15-16-17-18-19-20-23-30(37)33-29-25-26-35(32(38)34-29)31-24-21-22-28(27-36)39-31/h3-4,6-7,9-10,12-13,15-16,18-19,21,24-26,28,31,36H,2,5,8,11,14,17,20,22-23,27H2,1H3,(H,33,34,37,38)/b4-3-,7-6-,10-9-,13-12-,16-15-,19-18-/t28-,31+/m0/s1. The Morgan fingerprint density at radius 3 is 2.08 bits per heavy atom. The molecule has 210 valence electrons. The lowest BCUT2D eigenvalue weighted by atomic mass is 10.2. The fourth-order valence-electron chi connectivity index (χ4n) is 3.66. The smallest absolute Gasteiger partial charge is 0.351 e. The van der Waals surface area contributed by atoms with Crippen LogP contribution in [-0.2, 0) is 9.53 Å². The van der Waals surface area contributed by atoms with E-state index in [0.717, 1.165) is 38.5 Å². The minimum absolute atomic E-state index is 0.117. The Morgan fingerprint density at radius 1 is 0.974 bits per heavy atom. The molecular weight excluding hydrogens is 490 g/mol. The number of aliphatic hydroxyl groups is 1. The van der Waals surface area contributed by atoms with Gasteiger partial charge in [-0.1, -0.05) is 85.9 Å². The van der Waals surface area contributed by atoms with E-state index in [9.17, 15) is 14.7 Å². The maximum absolute atomic E-state index is 12.4. The molecule has 2 heterocycles. The Kier molecular flexibility index (Phi) is 16.6. The largest absolute Gasteiger partial charge is 0.394 e. The number of hydrogen-bond acceptors (Lipinski definition) is 5. The molecule has 1 aliphatic rings. The molecule has 0 saturated carbocycles. The summed E-state index contributed by atoms with van der Waals surface area (Å²) in [6.07, 6.45) is 37.2. The van der Waals surface area contributed by atoms with Gasteiger partial charge in [0, 0.05) is 12.6 Å². The average Bonchev–Trinajstić information content (AvgIpc) is 2.94. The molecule has 7 heteroatoms. The van der Waals surface area contributed by atoms with Crippen LogP contribution in [0.3, 0.4) is 0 Å². The van der Waals surface area contributed by atoms with Crippen LogP contribution in [0.2, 0.25) is 0 Å². The number of amides is 1. The fourth-order valence-corrected chi connectivity index (χ4v) is 3.66. The molecule has 0 aromatic carbocycles. The Balaban J connectivity index is 1.56. The molecule has 1 aliphatic heterocycles. The Bertz CT molecular complexity index is 1110. The molecule has 0 radical (unpaired) electrons. The maximum atomic E-state index is 12.4. The molecular formula is C32H43N3O4. The van der Waals surface area contributed by atoms with Gasteiger partial charge in [-0.2, -0.15) is 4.98 Å². The van der Waals surface area contributed by atoms with E-state index in [-0.39, 0.29) is 24.4 Å². The summed E-state index contributed by atoms with van der Waals surface area (Å²) < 4.78 is 6.97. The van der Waals surface area contributed by atoms with Crippen molar-refractivity contribution in [2.75, 3.05) is 11.9 Å². The monoisotopic (exact) mass is 533 g/mol. The molecule has 0 spiro atoms. The lowest BCUT2D eigenvalue weighted by molar-refractivity contribution is -0.116. The normalized spacial score (nSPS) is 18.2. The van der Waals surface area contributed by atoms with Gasteiger partial charge in [0.25, 0.3) is 0 Å². The van der Waals surface area contributed by atoms with Crippen molar-refractivity contribution in [1.29, 1.82) is 0 Å². The fraction of sp³-hybridized carbons (Fsp3) is 0.406. The van der Waals surface area contributed by atoms with E-state index in [0.29, 0.717) is 19.3 Å². The van der Waals surface area contributed by atoms with Crippen LogP contribution in [-0.4, -0.2) is 33.3 Å². The Hall–Kier alpha value is -3.55. The summed E-state index contributed by atoms with van der Waals surface area (Å²) in [5.74, 6) is 0.0100. The van der Waals surface area contributed by atoms with Gasteiger partial charge >= 0.3 is 5.69 Å². The third-order valence-electron chi connectivity index (χ3n) is 5.74. The first-order valence-corrected chi connectivity index (χ1v) is 13.9. The Labute approximate surface area is 232 Å². The zero-order valence-electron chi connectivity index (χ0n) is 23.0. The molecule has 7 nitrogen and oxygen atoms in total. The number of allylic oxidation sites excluding steroid dienone is 12. The predicted octanol–water partition coefficient (Wildman–Crippen LogP) is 6.50. The van der Waals surface area contributed by atoms with Gasteiger partial charge in [0.1, 0.15) is 5.82 Å². The number of carbonyl (C=O) groups is 1. The van der Waals surface area contributed by atoms with Crippen molar-refractivity contribution in [3.63, 3.8) is 0 Å². The third-order valence-corrected chi connectivity index (χ3v) is 5.74. The first kappa shape index (κ1) is 31.7. The van der Waals surface area contributed by atoms with Gasteiger partial charge in [-0.05, 0) is 63.5 Å². The molecule has 2 N–H and O–H groups in total. The van der Waals surface area contributed by atoms with E-state index < -0.39 is 11.9 Å². The summed E-state index contributed by atoms with van der Waals surface area (Å²) in [6, 6.07) is 1.57. The van der Waals surface area contributed by atoms with Crippen LogP contribution < -0.4 is 11.0 Å². The molecule has 0 saturated heterocycles. The minimum atomic E-state index is -0.617. The number of rotatable bonds is 17. The van der Waals surface area contributed by atoms with Crippen LogP contribution in [0, 0.1) is 0 Å². The van der Waals surface area contributed by atoms with Crippen LogP contribution in [0.25, 0.3) is 0 Å². The van der Waals surface area contributed by atoms with Gasteiger partial charge in [-0.3, -0.25) is 9.36 Å². The number of anilines is 1. The molecule has 0 bridgehead atoms. The maximum Gasteiger partial charge on any atom is 0.351 e. The van der Waals surface area contributed by atoms with Gasteiger partial charge in [0.15, 0.2) is 6.23 Å². The van der Waals surface area contributed by atoms with Crippen molar-refractivity contribution in [2.45, 2.75) is 77.0 Å². The van der Waals surface area contributed by atoms with Crippen LogP contribution in [0.4, 0.5) is 5.82 Å². The highest BCUT2D eigenvalue weighted by Gasteiger charge is 2.20. The van der Waals surface area contributed by atoms with Crippen LogP contribution in [0.5, 0.6) is 0 Å². The first-order chi connectivity index (χ1) is 19.1. The van der Waals surface area contributed by atoms with Gasteiger partial charge in [0.2, 0.25) is 5.91 Å². The number of nitrogens with one attached hydrogen (secondary N) is 1. The highest BCUT2D eigenvalue weighted by atomic mass is 16.5. The number of ether oxygens (including phenoxy) is 1. The Morgan fingerprint density at radius 2 is 1.54 bits per heavy atom. The molecule has 2 atom stereocenters. The number of aliphatic hydroxyl groups excluding tert-OH is 1. The van der Waals surface area contributed by atoms with Gasteiger partial charge in [-0.25, -0.2) is 4.79 Å². The van der Waals surface area contributed by atoms with Crippen LogP contribution >= 0.6 is 0 Å². The predicted molar refractivity (Wildman–Crippen MR) is 159 cm³/mol. The van der Waals surface area contributed by atoms with Crippen molar-refractivity contribution in [3.05, 3.63) is 108 Å². The zero-order valence-corrected chi connectivity index (χ0v) is 23.0. The van der Waals surface area contributed by atoms with Gasteiger partial charge in [0.05, 0.1) is 12.7 Å². The number of nitrogens with zero attached hydrogens (tertiary/aromatic N) is 2. The molecule has 0 unspecified atom stereocenters. The van der Waals surface area contributed by atoms with Crippen molar-refractivity contribution < 1.29 is 14.6 Å². The van der Waals surface area contributed by atoms with Gasteiger partial charge < -0.3 is 15.2 Å². The zero-order chi connectivity index (χ0) is 28.0. The lowest BCUT2D eigenvalue weighted by Gasteiger charge is -2.25. The minimum Gasteiger partial charge on any atom is -0.394 e. The topological polar surface area (TPSA) is 93.5 Å². The van der Waals surface area contributed by atoms with E-state index in [1.54, 1.807) is 12.1 Å². The van der Waals surface area contributed by atoms with Gasteiger partial charge in [-0.15, -0.1) is 0 Å². The van der Waals surface area contributed by atoms with Crippen molar-refractivity contribution in [2.24, 2.45) is 0 Å². The summed E-state index contributed by atoms with van der Waals surface area (Å²) in [5, 5.41) is 11.9. The van der Waals surface area contributed by atoms with Crippen molar-refractivity contribution in [3.8, 4) is 0 Å². The lowest BCUT2D eigenvalue weighted by Crippen LogP contribution is -2.33. The second-order valence-electron chi connectivity index (χ2n) is 9.00. The summed E-state index contributed by atoms with van der Waals surface area (Å²) in [5.41, 5.74) is -0.530. The van der Waals surface area contributed by atoms with Crippen molar-refractivity contribution >= 4 is 11.7 Å². The van der Waals surface area contributed by atoms with Crippen LogP contribution in [0.15, 0.2) is 102 Å². The molecule has 2 rings (SSSR count). The molecule has 0 aliphatic carbocycles. The van der Waals surface area contributed by atoms with E-state index in [4.69, 9.17) is 4.74 Å². The van der Waals surface area contributed by atoms with E-state index in [2.05, 4.69) is 78.0 Å². The molecule has 39 heavy (non-hydrogen) atoms. The molecule has 1 amide bonds. The first-order valence-electron chi connectivity index (χ1n) is 13.9. The summed E-state index contributed by atoms with van der Waals surface area (Å²) in [6.45, 7) is 2.03. The molecule has 0 fully saturated rings. The molecule has 1 aromatic heterocycles. The number of hydrogen-bond donors (Lipinski definition) is 2. The second kappa shape index (κ2) is 20.4. The third kappa shape index (κ3) is 14.3. The van der Waals surface area contributed by atoms with E-state index >= 15 is 0 Å². The summed E-state index contributed by atoms with van der Waals surface area (Å²) in [7, 11) is 0. The van der Waals surface area contributed by atoms with Crippen molar-refractivity contribution in [1.82, 2.24) is 9.55 Å². The highest BCUT2D eigenvalue weighted by Crippen LogP contribution is 2.19. The summed E-state index contributed by atoms with van der Waals surface area (Å²) >= 11 is 0. The second-order valence-corrected chi connectivity index (χ2v) is 9.00. The summed E-state index contributed by atoms with van der Waals surface area (Å²) in [4.78, 5) is 28.5. The van der Waals surface area contributed by atoms with Crippen LogP contribution in [0.1, 0.15) is 70.9 Å². The number of aromatic nitrogens is 2. The average molecular weight is 534 g/mol. The highest BCUT2D eigenvalue weighted by molar-refractivity contribution is 5.89. The van der Waals surface area contributed by atoms with E-state index in [1.807, 2.05) is 18.2 Å². The number of carbonyl (C=O) groups excluding carboxylic acids is 1.